The molecule has 0 bridgehead atoms. The molecule has 1 aliphatic heterocycles. The number of benzene rings is 2. The van der Waals surface area contributed by atoms with Gasteiger partial charge >= 0.3 is 0 Å². The molecular weight excluding hydrogens is 534 g/mol. The van der Waals surface area contributed by atoms with E-state index in [0.717, 1.165) is 0 Å². The highest BCUT2D eigenvalue weighted by Crippen LogP contribution is 2.52. The van der Waals surface area contributed by atoms with Crippen molar-refractivity contribution >= 4 is 17.3 Å². The largest absolute Gasteiger partial charge is 0.507 e. The molecule has 0 amide bonds. The fourth-order valence-electron chi connectivity index (χ4n) is 6.37. The highest BCUT2D eigenvalue weighted by Gasteiger charge is 2.50. The number of quaternary nitrogens is 1. The van der Waals surface area contributed by atoms with Gasteiger partial charge in [0.2, 0.25) is 5.78 Å². The normalized spacial score (nSPS) is 29.4. The smallest absolute Gasteiger partial charge is 0.202 e. The molecule has 2 aromatic carbocycles. The quantitative estimate of drug-likeness (QED) is 0.263. The van der Waals surface area contributed by atoms with Gasteiger partial charge in [0.05, 0.1) is 63.6 Å². The molecule has 5 rings (SSSR count). The Morgan fingerprint density at radius 3 is 2.34 bits per heavy atom. The molecule has 1 fully saturated rings. The van der Waals surface area contributed by atoms with E-state index in [0.29, 0.717) is 4.48 Å². The third kappa shape index (κ3) is 4.52. The summed E-state index contributed by atoms with van der Waals surface area (Å²) in [5.41, 5.74) is -2.91. The first-order valence-electron chi connectivity index (χ1n) is 13.5. The molecule has 11 heteroatoms. The fourth-order valence-corrected chi connectivity index (χ4v) is 6.37. The van der Waals surface area contributed by atoms with Gasteiger partial charge in [0.25, 0.3) is 0 Å². The Morgan fingerprint density at radius 2 is 1.73 bits per heavy atom. The van der Waals surface area contributed by atoms with Gasteiger partial charge in [-0.3, -0.25) is 14.4 Å². The van der Waals surface area contributed by atoms with E-state index in [2.05, 4.69) is 0 Å². The Morgan fingerprint density at radius 1 is 1.07 bits per heavy atom. The summed E-state index contributed by atoms with van der Waals surface area (Å²) in [6, 6.07) is 4.19. The average Bonchev–Trinajstić information content (AvgIpc) is 2.89. The number of hydrogen-bond acceptors (Lipinski definition) is 10. The van der Waals surface area contributed by atoms with E-state index in [9.17, 15) is 34.8 Å². The lowest BCUT2D eigenvalue weighted by Gasteiger charge is -2.46. The van der Waals surface area contributed by atoms with Gasteiger partial charge in [-0.25, -0.2) is 0 Å². The molecule has 1 saturated heterocycles. The Bertz CT molecular complexity index is 1460. The predicted molar refractivity (Wildman–Crippen MR) is 144 cm³/mol. The minimum absolute atomic E-state index is 0.00330. The molecule has 3 aliphatic rings. The molecule has 4 N–H and O–H groups in total. The van der Waals surface area contributed by atoms with Gasteiger partial charge in [-0.05, 0) is 19.9 Å². The average molecular weight is 571 g/mol. The molecule has 1 heterocycles. The molecular formula is C30H36NO10+. The third-order valence-electron chi connectivity index (χ3n) is 8.72. The van der Waals surface area contributed by atoms with Crippen LogP contribution in [0.15, 0.2) is 18.2 Å². The van der Waals surface area contributed by atoms with Crippen LogP contribution in [0, 0.1) is 0 Å². The van der Waals surface area contributed by atoms with Crippen molar-refractivity contribution in [1.29, 1.82) is 0 Å². The fraction of sp³-hybridized carbons (Fsp3) is 0.500. The number of phenolic OH excluding ortho intramolecular Hbond substituents is 2. The van der Waals surface area contributed by atoms with Crippen molar-refractivity contribution < 1.29 is 53.5 Å². The first kappa shape index (κ1) is 29.2. The number of carbonyl (C=O) groups is 3. The van der Waals surface area contributed by atoms with E-state index >= 15 is 0 Å². The maximum absolute atomic E-state index is 13.8. The van der Waals surface area contributed by atoms with E-state index in [1.54, 1.807) is 6.92 Å². The third-order valence-corrected chi connectivity index (χ3v) is 8.72. The van der Waals surface area contributed by atoms with Crippen molar-refractivity contribution in [3.05, 3.63) is 51.6 Å². The van der Waals surface area contributed by atoms with E-state index in [-0.39, 0.29) is 46.9 Å². The van der Waals surface area contributed by atoms with Gasteiger partial charge in [-0.1, -0.05) is 12.1 Å². The number of rotatable bonds is 5. The van der Waals surface area contributed by atoms with Crippen LogP contribution in [-0.2, 0) is 20.7 Å². The predicted octanol–water partition coefficient (Wildman–Crippen LogP) is 1.78. The summed E-state index contributed by atoms with van der Waals surface area (Å²) in [6.45, 7) is 2.91. The highest BCUT2D eigenvalue weighted by molar-refractivity contribution is 6.31. The zero-order valence-corrected chi connectivity index (χ0v) is 23.9. The Hall–Kier alpha value is -3.35. The summed E-state index contributed by atoms with van der Waals surface area (Å²) in [5.74, 6) is -3.07. The maximum Gasteiger partial charge on any atom is 0.202 e. The van der Waals surface area contributed by atoms with Crippen LogP contribution in [0.1, 0.15) is 75.8 Å². The molecule has 41 heavy (non-hydrogen) atoms. The summed E-state index contributed by atoms with van der Waals surface area (Å²) >= 11 is 0. The number of aliphatic hydroxyl groups excluding tert-OH is 1. The van der Waals surface area contributed by atoms with Crippen LogP contribution in [0.5, 0.6) is 17.2 Å². The van der Waals surface area contributed by atoms with E-state index in [1.807, 2.05) is 21.1 Å². The molecule has 0 saturated carbocycles. The number of nitrogens with zero attached hydrogens (tertiary/aromatic N) is 1. The number of aromatic hydroxyl groups is 2. The van der Waals surface area contributed by atoms with Crippen molar-refractivity contribution in [1.82, 2.24) is 0 Å². The van der Waals surface area contributed by atoms with Crippen molar-refractivity contribution in [3.8, 4) is 17.2 Å². The van der Waals surface area contributed by atoms with Gasteiger partial charge in [0.1, 0.15) is 35.0 Å². The van der Waals surface area contributed by atoms with Crippen LogP contribution in [0.3, 0.4) is 0 Å². The Kier molecular flexibility index (Phi) is 7.03. The second-order valence-corrected chi connectivity index (χ2v) is 12.2. The molecule has 220 valence electrons. The number of Topliss-reactive ketones (excluding diaryl/α,β-unsaturated/α-hetero) is 1. The van der Waals surface area contributed by atoms with Crippen LogP contribution >= 0.6 is 0 Å². The van der Waals surface area contributed by atoms with Crippen LogP contribution in [-0.4, -0.2) is 101 Å². The lowest BCUT2D eigenvalue weighted by molar-refractivity contribution is -0.903. The number of likely N-dealkylation sites (N-methyl/N-ethyl adjacent to an activating group) is 1. The number of phenols is 2. The topological polar surface area (TPSA) is 160 Å². The van der Waals surface area contributed by atoms with Gasteiger partial charge in [0, 0.05) is 29.5 Å². The van der Waals surface area contributed by atoms with Gasteiger partial charge < -0.3 is 39.1 Å². The second kappa shape index (κ2) is 9.88. The summed E-state index contributed by atoms with van der Waals surface area (Å²) in [6.07, 6.45) is -3.97. The van der Waals surface area contributed by atoms with Gasteiger partial charge in [-0.15, -0.1) is 0 Å². The monoisotopic (exact) mass is 570 g/mol. The number of fused-ring (bicyclic) bond motifs is 3. The number of methoxy groups -OCH3 is 1. The van der Waals surface area contributed by atoms with Crippen LogP contribution in [0.2, 0.25) is 0 Å². The van der Waals surface area contributed by atoms with Crippen molar-refractivity contribution in [2.45, 2.75) is 69.4 Å². The molecule has 0 radical (unpaired) electrons. The Labute approximate surface area is 237 Å². The lowest BCUT2D eigenvalue weighted by Crippen LogP contribution is -2.60. The number of hydrogen-bond donors (Lipinski definition) is 4. The number of aliphatic hydroxyl groups is 2. The maximum atomic E-state index is 13.8. The summed E-state index contributed by atoms with van der Waals surface area (Å²) in [4.78, 5) is 40.0. The zero-order chi connectivity index (χ0) is 30.2. The highest BCUT2D eigenvalue weighted by atomic mass is 16.7. The molecule has 0 spiro atoms. The minimum Gasteiger partial charge on any atom is -0.507 e. The number of carbonyl (C=O) groups excluding carboxylic acids is 3. The first-order chi connectivity index (χ1) is 19.1. The second-order valence-electron chi connectivity index (χ2n) is 12.2. The SMILES string of the molecule is COc1cccc2c1C(=O)c1c(O)c3c(c(O)c1C2=O)C[C@@](O)(C(C)=O)C[C@@H]3O[C@H]1C[C@H]([N+](C)(C)C)[C@H](O)[C@H](C)O1. The van der Waals surface area contributed by atoms with E-state index in [1.165, 1.54) is 32.2 Å². The molecule has 6 atom stereocenters. The van der Waals surface area contributed by atoms with Crippen molar-refractivity contribution in [3.63, 3.8) is 0 Å². The number of ether oxygens (including phenoxy) is 3. The van der Waals surface area contributed by atoms with Crippen molar-refractivity contribution in [2.24, 2.45) is 0 Å². The van der Waals surface area contributed by atoms with Crippen LogP contribution in [0.25, 0.3) is 0 Å². The molecule has 0 aromatic heterocycles. The Balaban J connectivity index is 1.66. The number of ketones is 3. The summed E-state index contributed by atoms with van der Waals surface area (Å²) < 4.78 is 18.0. The van der Waals surface area contributed by atoms with Crippen LogP contribution < -0.4 is 4.74 Å². The standard InChI is InChI=1S/C30H35NO10/c1-13-25(33)17(31(3,4)5)10-20(40-13)41-19-12-30(38,14(2)32)11-16-22(19)29(37)24-23(27(16)35)26(34)15-8-7-9-18(39-6)21(15)28(24)36/h7-9,13,17,19-20,25,33,38H,10-12H2,1-6H3,(H-,34,35,36,37)/p+1/t13-,17-,19-,20-,25+,30-/m0/s1. The van der Waals surface area contributed by atoms with Crippen LogP contribution in [0.4, 0.5) is 0 Å². The molecule has 2 aliphatic carbocycles. The van der Waals surface area contributed by atoms with E-state index < -0.39 is 76.6 Å². The summed E-state index contributed by atoms with van der Waals surface area (Å²) in [5, 5.41) is 45.2. The minimum atomic E-state index is -1.99. The van der Waals surface area contributed by atoms with E-state index in [4.69, 9.17) is 14.2 Å². The van der Waals surface area contributed by atoms with Gasteiger partial charge in [0.15, 0.2) is 17.9 Å². The van der Waals surface area contributed by atoms with Crippen molar-refractivity contribution in [2.75, 3.05) is 28.3 Å². The zero-order valence-electron chi connectivity index (χ0n) is 23.9. The molecule has 11 nitrogen and oxygen atoms in total. The lowest BCUT2D eigenvalue weighted by atomic mass is 9.72. The molecule has 0 unspecified atom stereocenters. The molecule has 2 aromatic rings. The summed E-state index contributed by atoms with van der Waals surface area (Å²) in [7, 11) is 7.14. The van der Waals surface area contributed by atoms with Gasteiger partial charge in [-0.2, -0.15) is 0 Å². The first-order valence-corrected chi connectivity index (χ1v) is 13.5.